The summed E-state index contributed by atoms with van der Waals surface area (Å²) in [5.74, 6) is 2.57. The Labute approximate surface area is 569 Å². The third-order valence-corrected chi connectivity index (χ3v) is 27.1. The highest BCUT2D eigenvalue weighted by Crippen LogP contribution is 2.64. The summed E-state index contributed by atoms with van der Waals surface area (Å²) in [6, 6.07) is 56.1. The molecule has 5 aromatic carbocycles. The summed E-state index contributed by atoms with van der Waals surface area (Å²) in [6.45, 7) is 30.2. The maximum Gasteiger partial charge on any atom is 0.117 e. The van der Waals surface area contributed by atoms with E-state index in [1.807, 2.05) is 30.1 Å². The number of rotatable bonds is 5. The van der Waals surface area contributed by atoms with Crippen molar-refractivity contribution in [3.05, 3.63) is 265 Å². The van der Waals surface area contributed by atoms with E-state index >= 15 is 0 Å². The molecule has 9 nitrogen and oxygen atoms in total. The van der Waals surface area contributed by atoms with E-state index in [4.69, 9.17) is 8.83 Å². The van der Waals surface area contributed by atoms with Crippen molar-refractivity contribution in [1.82, 2.24) is 9.13 Å². The quantitative estimate of drug-likeness (QED) is 0.170. The lowest BCUT2D eigenvalue weighted by Gasteiger charge is -2.40. The van der Waals surface area contributed by atoms with Gasteiger partial charge in [-0.15, -0.1) is 11.3 Å². The van der Waals surface area contributed by atoms with Crippen LogP contribution in [-0.2, 0) is 30.3 Å². The van der Waals surface area contributed by atoms with Gasteiger partial charge in [-0.05, 0) is 205 Å². The lowest BCUT2D eigenvalue weighted by atomic mass is 9.81. The van der Waals surface area contributed by atoms with Gasteiger partial charge in [-0.3, -0.25) is 0 Å². The molecule has 5 aliphatic heterocycles. The van der Waals surface area contributed by atoms with E-state index in [0.717, 1.165) is 0 Å². The smallest absolute Gasteiger partial charge is 0.117 e. The van der Waals surface area contributed by atoms with Gasteiger partial charge >= 0.3 is 0 Å². The van der Waals surface area contributed by atoms with Gasteiger partial charge in [0.1, 0.15) is 5.76 Å². The number of para-hydroxylation sites is 5. The van der Waals surface area contributed by atoms with Crippen molar-refractivity contribution in [1.29, 1.82) is 0 Å². The van der Waals surface area contributed by atoms with E-state index < -0.39 is 0 Å². The first-order valence-electron chi connectivity index (χ1n) is 35.5. The average molecular weight is 1280 g/mol. The fourth-order valence-electron chi connectivity index (χ4n) is 20.7. The first-order valence-corrected chi connectivity index (χ1v) is 36.3. The van der Waals surface area contributed by atoms with E-state index in [-0.39, 0.29) is 10.8 Å². The van der Waals surface area contributed by atoms with Crippen molar-refractivity contribution in [2.24, 2.45) is 14.1 Å². The van der Waals surface area contributed by atoms with Gasteiger partial charge in [-0.1, -0.05) is 112 Å². The molecule has 10 heteroatoms. The molecule has 0 amide bonds. The molecule has 5 fully saturated rings. The number of furan rings is 2. The van der Waals surface area contributed by atoms with Crippen LogP contribution in [0.2, 0.25) is 0 Å². The maximum atomic E-state index is 5.77. The Bertz CT molecular complexity index is 4430. The molecule has 0 radical (unpaired) electrons. The van der Waals surface area contributed by atoms with Crippen molar-refractivity contribution >= 4 is 39.8 Å². The Morgan fingerprint density at radius 3 is 1.37 bits per heavy atom. The molecule has 490 valence electrons. The molecule has 15 unspecified atom stereocenters. The van der Waals surface area contributed by atoms with E-state index in [1.54, 1.807) is 27.3 Å². The minimum atomic E-state index is 0.159. The first-order chi connectivity index (χ1) is 45.7. The molecule has 95 heavy (non-hydrogen) atoms. The van der Waals surface area contributed by atoms with E-state index in [1.165, 1.54) is 116 Å². The van der Waals surface area contributed by atoms with Crippen LogP contribution in [0.25, 0.3) is 0 Å². The molecular formula is C85H97N7O2S. The zero-order valence-electron chi connectivity index (χ0n) is 58.6. The summed E-state index contributed by atoms with van der Waals surface area (Å²) < 4.78 is 15.7. The van der Waals surface area contributed by atoms with Crippen LogP contribution in [0.5, 0.6) is 0 Å². The molecule has 10 aromatic rings. The fourth-order valence-corrected chi connectivity index (χ4v) is 21.9. The van der Waals surface area contributed by atoms with E-state index in [2.05, 4.69) is 301 Å². The number of hydrogen-bond donors (Lipinski definition) is 0. The minimum Gasteiger partial charge on any atom is -0.472 e. The lowest BCUT2D eigenvalue weighted by molar-refractivity contribution is 0.349. The topological polar surface area (TPSA) is 52.3 Å². The van der Waals surface area contributed by atoms with Crippen LogP contribution in [0, 0.1) is 34.6 Å². The van der Waals surface area contributed by atoms with Gasteiger partial charge in [0.25, 0.3) is 0 Å². The summed E-state index contributed by atoms with van der Waals surface area (Å²) in [5, 5.41) is 2.27. The van der Waals surface area contributed by atoms with Gasteiger partial charge in [0.15, 0.2) is 0 Å². The number of nitrogens with zero attached hydrogens (tertiary/aromatic N) is 7. The second-order valence-corrected chi connectivity index (χ2v) is 31.8. The Morgan fingerprint density at radius 1 is 0.411 bits per heavy atom. The number of anilines is 5. The monoisotopic (exact) mass is 1280 g/mol. The Hall–Kier alpha value is -8.08. The largest absolute Gasteiger partial charge is 0.472 e. The third kappa shape index (κ3) is 9.17. The predicted octanol–water partition coefficient (Wildman–Crippen LogP) is 20.6. The molecular weight excluding hydrogens is 1180 g/mol. The van der Waals surface area contributed by atoms with Crippen molar-refractivity contribution in [2.75, 3.05) is 24.5 Å². The summed E-state index contributed by atoms with van der Waals surface area (Å²) in [4.78, 5) is 14.8. The Morgan fingerprint density at radius 2 is 0.832 bits per heavy atom. The van der Waals surface area contributed by atoms with Gasteiger partial charge in [0.2, 0.25) is 0 Å². The Kier molecular flexibility index (Phi) is 14.8. The fraction of sp³-hybridized carbons (Fsp3) is 0.412. The molecule has 0 saturated carbocycles. The average Bonchev–Trinajstić information content (AvgIpc) is 1.56. The third-order valence-electron chi connectivity index (χ3n) is 25.9. The van der Waals surface area contributed by atoms with Crippen LogP contribution in [0.4, 0.5) is 28.4 Å². The molecule has 20 rings (SSSR count). The highest BCUT2D eigenvalue weighted by atomic mass is 32.1. The molecule has 5 aromatic heterocycles. The highest BCUT2D eigenvalue weighted by Gasteiger charge is 2.60. The van der Waals surface area contributed by atoms with Gasteiger partial charge < -0.3 is 42.5 Å². The van der Waals surface area contributed by atoms with E-state index in [9.17, 15) is 0 Å². The molecule has 0 N–H and O–H groups in total. The molecule has 5 saturated heterocycles. The van der Waals surface area contributed by atoms with Crippen LogP contribution >= 0.6 is 11.3 Å². The maximum absolute atomic E-state index is 5.77. The standard InChI is InChI=1S/C18H22N2.C17H20N2.C17H19NO.C17H19NS.C16H17NO/c1-12-7-5-6-8-15(12)20-13(2)18(3)11-16(20)14-9-10-19(4)17(14)18;1-11-6-4-5-7-16(11)19-12(2)13-8-17(19)15-10-18(3)9-14(13)15;2*1-11-6-4-5-7-14(11)18-12(2)17(3)10-15(18)13-8-9-19-16(13)17;1-10-5-3-4-6-15(10)17-11(2)12-7-16(17)14-9-18-8-13(12)14/h5-10,13,16H,11H2,1-4H3;4-7,9-10,12-13,17H,8H2,1-3H3;2*4-9,12,15H,10H2,1-3H3;3-6,8-9,11-12,16H,7H2,1-2H3. The normalized spacial score (nSPS) is 30.3. The van der Waals surface area contributed by atoms with Crippen LogP contribution in [0.1, 0.15) is 213 Å². The number of fused-ring (bicyclic) bond motifs is 25. The molecule has 10 heterocycles. The molecule has 5 aliphatic carbocycles. The number of aromatic nitrogens is 2. The first kappa shape index (κ1) is 61.8. The number of thiophene rings is 1. The summed E-state index contributed by atoms with van der Waals surface area (Å²) in [6.07, 6.45) is 18.9. The van der Waals surface area contributed by atoms with Crippen molar-refractivity contribution in [3.8, 4) is 0 Å². The van der Waals surface area contributed by atoms with Crippen LogP contribution in [-0.4, -0.2) is 39.3 Å². The highest BCUT2D eigenvalue weighted by molar-refractivity contribution is 7.10. The van der Waals surface area contributed by atoms with Gasteiger partial charge in [-0.25, -0.2) is 0 Å². The van der Waals surface area contributed by atoms with Crippen molar-refractivity contribution in [3.63, 3.8) is 0 Å². The lowest BCUT2D eigenvalue weighted by Crippen LogP contribution is -2.43. The van der Waals surface area contributed by atoms with Crippen LogP contribution < -0.4 is 24.5 Å². The van der Waals surface area contributed by atoms with Crippen molar-refractivity contribution in [2.45, 2.75) is 211 Å². The SMILES string of the molecule is Cc1ccccc1N1C2CC(C)(c3c2ccn3C)C1C.Cc1ccccc1N1C2CC(C)(c3occc32)C1C.Cc1ccccc1N1C2CC(C)(c3sccc32)C1C.Cc1ccccc1N1C2CC(c3cn(C)cc32)C1C.Cc1ccccc1N1C2CC(c3cocc32)C1C. The van der Waals surface area contributed by atoms with Gasteiger partial charge in [0, 0.05) is 147 Å². The van der Waals surface area contributed by atoms with Gasteiger partial charge in [-0.2, -0.15) is 0 Å². The van der Waals surface area contributed by atoms with E-state index in [0.29, 0.717) is 77.7 Å². The van der Waals surface area contributed by atoms with Crippen LogP contribution in [0.15, 0.2) is 191 Å². The summed E-state index contributed by atoms with van der Waals surface area (Å²) in [5.41, 5.74) is 26.7. The minimum absolute atomic E-state index is 0.159. The predicted molar refractivity (Wildman–Crippen MR) is 392 cm³/mol. The molecule has 0 spiro atoms. The summed E-state index contributed by atoms with van der Waals surface area (Å²) in [7, 11) is 4.33. The second-order valence-electron chi connectivity index (χ2n) is 30.9. The zero-order chi connectivity index (χ0) is 65.9. The summed E-state index contributed by atoms with van der Waals surface area (Å²) >= 11 is 1.95. The number of aryl methyl sites for hydroxylation is 7. The molecule has 10 aliphatic rings. The molecule has 15 atom stereocenters. The van der Waals surface area contributed by atoms with Crippen LogP contribution in [0.3, 0.4) is 0 Å². The van der Waals surface area contributed by atoms with Gasteiger partial charge in [0.05, 0.1) is 49.0 Å². The number of hydrogen-bond acceptors (Lipinski definition) is 8. The second kappa shape index (κ2) is 22.8. The zero-order valence-corrected chi connectivity index (χ0v) is 59.5. The van der Waals surface area contributed by atoms with Crippen molar-refractivity contribution < 1.29 is 8.83 Å². The number of benzene rings is 5. The molecule has 10 bridgehead atoms. The Balaban J connectivity index is 0.0000000937.